The number of benzene rings is 1. The van der Waals surface area contributed by atoms with Gasteiger partial charge in [0.15, 0.2) is 0 Å². The van der Waals surface area contributed by atoms with Crippen LogP contribution in [0.5, 0.6) is 0 Å². The van der Waals surface area contributed by atoms with Gasteiger partial charge >= 0.3 is 0 Å². The largest absolute Gasteiger partial charge is 0.460 e. The maximum absolute atomic E-state index is 13.3. The lowest BCUT2D eigenvalue weighted by Gasteiger charge is -2.25. The topological polar surface area (TPSA) is 78.3 Å². The molecule has 2 aromatic heterocycles. The van der Waals surface area contributed by atoms with E-state index in [1.54, 1.807) is 0 Å². The van der Waals surface area contributed by atoms with E-state index in [0.717, 1.165) is 57.7 Å². The van der Waals surface area contributed by atoms with E-state index in [1.165, 1.54) is 19.3 Å². The van der Waals surface area contributed by atoms with Gasteiger partial charge < -0.3 is 14.7 Å². The molecule has 0 spiro atoms. The Balaban J connectivity index is 1.55. The Hall–Kier alpha value is -2.38. The van der Waals surface area contributed by atoms with E-state index in [9.17, 15) is 9.59 Å². The van der Waals surface area contributed by atoms with Crippen molar-refractivity contribution in [1.82, 2.24) is 15.2 Å². The van der Waals surface area contributed by atoms with Crippen molar-refractivity contribution in [2.75, 3.05) is 13.1 Å². The normalized spacial score (nSPS) is 17.4. The molecule has 7 heteroatoms. The lowest BCUT2D eigenvalue weighted by molar-refractivity contribution is 0.0951. The van der Waals surface area contributed by atoms with Gasteiger partial charge in [-0.05, 0) is 75.0 Å². The summed E-state index contributed by atoms with van der Waals surface area (Å²) in [6.07, 6.45) is 5.11. The van der Waals surface area contributed by atoms with Gasteiger partial charge in [0.1, 0.15) is 11.3 Å². The zero-order valence-corrected chi connectivity index (χ0v) is 19.2. The molecule has 0 unspecified atom stereocenters. The van der Waals surface area contributed by atoms with Crippen molar-refractivity contribution >= 4 is 32.8 Å². The summed E-state index contributed by atoms with van der Waals surface area (Å²) in [6, 6.07) is 6.01. The summed E-state index contributed by atoms with van der Waals surface area (Å²) in [4.78, 5) is 31.0. The molecule has 2 aliphatic rings. The SMILES string of the molecule is Cc1cc2c(c(=O)[nH]1)CNC(=O)c1c(c(Br)cc3oc(CN4CCCCC4)cc13)CC2. The van der Waals surface area contributed by atoms with Crippen LogP contribution in [-0.4, -0.2) is 28.9 Å². The third-order valence-corrected chi connectivity index (χ3v) is 7.12. The molecular weight excluding hydrogens is 458 g/mol. The van der Waals surface area contributed by atoms with Crippen LogP contribution < -0.4 is 10.9 Å². The maximum atomic E-state index is 13.3. The van der Waals surface area contributed by atoms with Crippen molar-refractivity contribution in [1.29, 1.82) is 0 Å². The van der Waals surface area contributed by atoms with Crippen LogP contribution in [0.25, 0.3) is 11.0 Å². The van der Waals surface area contributed by atoms with E-state index >= 15 is 0 Å². The summed E-state index contributed by atoms with van der Waals surface area (Å²) >= 11 is 3.67. The van der Waals surface area contributed by atoms with E-state index in [2.05, 4.69) is 31.1 Å². The number of carbonyl (C=O) groups is 1. The summed E-state index contributed by atoms with van der Waals surface area (Å²) in [6.45, 7) is 5.05. The summed E-state index contributed by atoms with van der Waals surface area (Å²) < 4.78 is 7.03. The van der Waals surface area contributed by atoms with Crippen molar-refractivity contribution in [3.8, 4) is 0 Å². The fraction of sp³-hybridized carbons (Fsp3) is 0.417. The number of likely N-dealkylation sites (tertiary alicyclic amines) is 1. The van der Waals surface area contributed by atoms with Crippen molar-refractivity contribution in [2.45, 2.75) is 52.1 Å². The Bertz CT molecular complexity index is 1220. The number of aromatic nitrogens is 1. The fourth-order valence-electron chi connectivity index (χ4n) is 4.88. The molecule has 3 aromatic rings. The number of hydrogen-bond donors (Lipinski definition) is 2. The molecule has 2 N–H and O–H groups in total. The summed E-state index contributed by atoms with van der Waals surface area (Å²) in [7, 11) is 0. The smallest absolute Gasteiger partial charge is 0.253 e. The average molecular weight is 484 g/mol. The predicted molar refractivity (Wildman–Crippen MR) is 123 cm³/mol. The number of fused-ring (bicyclic) bond motifs is 4. The molecule has 31 heavy (non-hydrogen) atoms. The average Bonchev–Trinajstić information content (AvgIpc) is 3.14. The van der Waals surface area contributed by atoms with Crippen LogP contribution in [0.2, 0.25) is 0 Å². The zero-order valence-electron chi connectivity index (χ0n) is 17.6. The van der Waals surface area contributed by atoms with Crippen LogP contribution in [0.15, 0.2) is 31.9 Å². The molecule has 1 saturated heterocycles. The van der Waals surface area contributed by atoms with Crippen molar-refractivity contribution in [3.05, 3.63) is 66.7 Å². The molecule has 0 radical (unpaired) electrons. The van der Waals surface area contributed by atoms with Gasteiger partial charge in [0.05, 0.1) is 12.1 Å². The Morgan fingerprint density at radius 3 is 2.68 bits per heavy atom. The number of aryl methyl sites for hydroxylation is 2. The third kappa shape index (κ3) is 3.96. The standard InChI is InChI=1S/C24H26BrN3O3/c1-14-9-15-5-6-17-20(25)11-21-18(10-16(31-21)13-28-7-3-2-4-8-28)22(17)24(30)26-12-19(15)23(29)27-14/h9-11H,2-8,12-13H2,1H3,(H,26,30)(H,27,29). The second-order valence-electron chi connectivity index (χ2n) is 8.64. The number of furan rings is 1. The van der Waals surface area contributed by atoms with E-state index < -0.39 is 0 Å². The molecule has 2 aliphatic heterocycles. The van der Waals surface area contributed by atoms with Gasteiger partial charge in [0, 0.05) is 27.7 Å². The Kier molecular flexibility index (Phi) is 5.48. The number of nitrogens with zero attached hydrogens (tertiary/aromatic N) is 1. The number of piperidine rings is 1. The van der Waals surface area contributed by atoms with Gasteiger partial charge in [-0.15, -0.1) is 0 Å². The van der Waals surface area contributed by atoms with Crippen molar-refractivity contribution in [2.24, 2.45) is 0 Å². The van der Waals surface area contributed by atoms with Gasteiger partial charge in [-0.3, -0.25) is 14.5 Å². The lowest BCUT2D eigenvalue weighted by Crippen LogP contribution is -2.28. The number of hydrogen-bond acceptors (Lipinski definition) is 4. The quantitative estimate of drug-likeness (QED) is 0.572. The Morgan fingerprint density at radius 2 is 1.87 bits per heavy atom. The molecule has 0 bridgehead atoms. The van der Waals surface area contributed by atoms with E-state index in [4.69, 9.17) is 4.42 Å². The van der Waals surface area contributed by atoms with E-state index in [-0.39, 0.29) is 18.0 Å². The zero-order chi connectivity index (χ0) is 21.5. The number of amides is 1. The van der Waals surface area contributed by atoms with Gasteiger partial charge in [-0.2, -0.15) is 0 Å². The first-order chi connectivity index (χ1) is 15.0. The fourth-order valence-corrected chi connectivity index (χ4v) is 5.49. The van der Waals surface area contributed by atoms with Gasteiger partial charge in [0.25, 0.3) is 11.5 Å². The monoisotopic (exact) mass is 483 g/mol. The second-order valence-corrected chi connectivity index (χ2v) is 9.50. The minimum atomic E-state index is -0.167. The van der Waals surface area contributed by atoms with Gasteiger partial charge in [-0.1, -0.05) is 22.4 Å². The van der Waals surface area contributed by atoms with Gasteiger partial charge in [-0.25, -0.2) is 0 Å². The first kappa shape index (κ1) is 20.5. The minimum Gasteiger partial charge on any atom is -0.460 e. The predicted octanol–water partition coefficient (Wildman–Crippen LogP) is 4.21. The van der Waals surface area contributed by atoms with Crippen LogP contribution in [0.4, 0.5) is 0 Å². The van der Waals surface area contributed by atoms with Crippen LogP contribution in [0, 0.1) is 6.92 Å². The van der Waals surface area contributed by atoms with Crippen LogP contribution >= 0.6 is 15.9 Å². The molecule has 5 rings (SSSR count). The van der Waals surface area contributed by atoms with Crippen LogP contribution in [0.3, 0.4) is 0 Å². The summed E-state index contributed by atoms with van der Waals surface area (Å²) in [5.41, 5.74) is 4.66. The summed E-state index contributed by atoms with van der Waals surface area (Å²) in [5, 5.41) is 3.82. The second kappa shape index (κ2) is 8.28. The number of aromatic amines is 1. The van der Waals surface area contributed by atoms with Crippen molar-refractivity contribution in [3.63, 3.8) is 0 Å². The number of nitrogens with one attached hydrogen (secondary N) is 2. The molecular formula is C24H26BrN3O3. The molecule has 1 fully saturated rings. The van der Waals surface area contributed by atoms with Crippen LogP contribution in [-0.2, 0) is 25.9 Å². The molecule has 1 amide bonds. The number of halogens is 1. The molecule has 0 atom stereocenters. The lowest BCUT2D eigenvalue weighted by atomic mass is 9.96. The highest BCUT2D eigenvalue weighted by Crippen LogP contribution is 2.34. The number of H-pyrrole nitrogens is 1. The molecule has 0 saturated carbocycles. The Morgan fingerprint density at radius 1 is 1.06 bits per heavy atom. The van der Waals surface area contributed by atoms with E-state index in [0.29, 0.717) is 24.0 Å². The molecule has 6 nitrogen and oxygen atoms in total. The highest BCUT2D eigenvalue weighted by Gasteiger charge is 2.24. The number of rotatable bonds is 2. The molecule has 4 heterocycles. The maximum Gasteiger partial charge on any atom is 0.253 e. The highest BCUT2D eigenvalue weighted by atomic mass is 79.9. The van der Waals surface area contributed by atoms with Gasteiger partial charge in [0.2, 0.25) is 0 Å². The van der Waals surface area contributed by atoms with Crippen LogP contribution in [0.1, 0.15) is 57.8 Å². The first-order valence-corrected chi connectivity index (χ1v) is 11.7. The number of carbonyl (C=O) groups excluding carboxylic acids is 1. The Labute approximate surface area is 189 Å². The first-order valence-electron chi connectivity index (χ1n) is 11.0. The number of pyridine rings is 1. The molecule has 1 aromatic carbocycles. The van der Waals surface area contributed by atoms with Crippen molar-refractivity contribution < 1.29 is 9.21 Å². The highest BCUT2D eigenvalue weighted by molar-refractivity contribution is 9.10. The third-order valence-electron chi connectivity index (χ3n) is 6.42. The molecule has 162 valence electrons. The van der Waals surface area contributed by atoms with E-state index in [1.807, 2.05) is 25.1 Å². The molecule has 0 aliphatic carbocycles. The minimum absolute atomic E-state index is 0.127. The summed E-state index contributed by atoms with van der Waals surface area (Å²) in [5.74, 6) is 0.722.